The monoisotopic (exact) mass is 429 g/mol. The van der Waals surface area contributed by atoms with Crippen LogP contribution in [0.4, 0.5) is 0 Å². The predicted molar refractivity (Wildman–Crippen MR) is 118 cm³/mol. The molecule has 3 aliphatic carbocycles. The lowest BCUT2D eigenvalue weighted by Crippen LogP contribution is -2.49. The predicted octanol–water partition coefficient (Wildman–Crippen LogP) is 0.996. The number of likely N-dealkylation sites (N-methyl/N-ethyl adjacent to an activating group) is 1. The highest BCUT2D eigenvalue weighted by Gasteiger charge is 2.58. The van der Waals surface area contributed by atoms with Crippen LogP contribution in [0, 0.1) is 29.6 Å². The van der Waals surface area contributed by atoms with Gasteiger partial charge in [-0.05, 0) is 37.0 Å². The van der Waals surface area contributed by atoms with Crippen LogP contribution in [0.25, 0.3) is 0 Å². The van der Waals surface area contributed by atoms with Crippen molar-refractivity contribution in [2.24, 2.45) is 34.6 Å². The van der Waals surface area contributed by atoms with Crippen LogP contribution in [-0.4, -0.2) is 73.3 Å². The van der Waals surface area contributed by atoms with E-state index in [2.05, 4.69) is 34.7 Å². The first-order valence-electron chi connectivity index (χ1n) is 11.7. The largest absolute Gasteiger partial charge is 0.355 e. The molecule has 6 atom stereocenters. The average molecular weight is 430 g/mol. The normalized spacial score (nSPS) is 34.3. The number of carbonyl (C=O) groups excluding carboxylic acids is 3. The van der Waals surface area contributed by atoms with Crippen LogP contribution >= 0.6 is 0 Å². The van der Waals surface area contributed by atoms with E-state index >= 15 is 0 Å². The number of nitrogens with one attached hydrogen (secondary N) is 2. The molecule has 1 heterocycles. The Morgan fingerprint density at radius 2 is 1.77 bits per heavy atom. The topological polar surface area (TPSA) is 94.1 Å². The fraction of sp³-hybridized carbons (Fsp3) is 0.739. The van der Waals surface area contributed by atoms with Gasteiger partial charge in [0.25, 0.3) is 0 Å². The summed E-state index contributed by atoms with van der Waals surface area (Å²) >= 11 is 0. The zero-order valence-electron chi connectivity index (χ0n) is 18.8. The van der Waals surface area contributed by atoms with E-state index in [1.807, 2.05) is 0 Å². The highest BCUT2D eigenvalue weighted by Crippen LogP contribution is 2.52. The molecule has 0 aromatic carbocycles. The summed E-state index contributed by atoms with van der Waals surface area (Å²) in [6, 6.07) is 0.311. The van der Waals surface area contributed by atoms with E-state index in [0.717, 1.165) is 12.8 Å². The maximum Gasteiger partial charge on any atom is 0.243 e. The number of carbonyl (C=O) groups is 3. The van der Waals surface area contributed by atoms with Crippen molar-refractivity contribution in [3.8, 4) is 0 Å². The van der Waals surface area contributed by atoms with Crippen LogP contribution in [0.1, 0.15) is 39.0 Å². The summed E-state index contributed by atoms with van der Waals surface area (Å²) in [4.78, 5) is 45.2. The van der Waals surface area contributed by atoms with Gasteiger partial charge in [-0.25, -0.2) is 4.99 Å². The fourth-order valence-corrected chi connectivity index (χ4v) is 5.62. The first-order valence-corrected chi connectivity index (χ1v) is 11.7. The minimum atomic E-state index is -0.158. The van der Waals surface area contributed by atoms with Crippen LogP contribution in [0.15, 0.2) is 17.1 Å². The summed E-state index contributed by atoms with van der Waals surface area (Å²) in [5.74, 6) is 1.14. The molecular formula is C23H35N5O3. The van der Waals surface area contributed by atoms with Crippen LogP contribution < -0.4 is 10.6 Å². The maximum absolute atomic E-state index is 12.9. The molecule has 170 valence electrons. The number of nitrogens with zero attached hydrogens (tertiary/aromatic N) is 3. The van der Waals surface area contributed by atoms with Gasteiger partial charge in [-0.15, -0.1) is 0 Å². The molecule has 0 aromatic rings. The number of likely N-dealkylation sites (tertiary alicyclic amines) is 1. The van der Waals surface area contributed by atoms with Gasteiger partial charge >= 0.3 is 0 Å². The quantitative estimate of drug-likeness (QED) is 0.284. The molecule has 3 amide bonds. The van der Waals surface area contributed by atoms with Gasteiger partial charge in [0.05, 0.1) is 11.8 Å². The fourth-order valence-electron chi connectivity index (χ4n) is 5.62. The number of hydrogen-bond acceptors (Lipinski definition) is 4. The van der Waals surface area contributed by atoms with Gasteiger partial charge in [0.1, 0.15) is 6.54 Å². The molecule has 4 aliphatic rings. The maximum atomic E-state index is 12.9. The van der Waals surface area contributed by atoms with Gasteiger partial charge in [-0.1, -0.05) is 31.9 Å². The van der Waals surface area contributed by atoms with Crippen molar-refractivity contribution in [2.45, 2.75) is 45.1 Å². The van der Waals surface area contributed by atoms with Crippen molar-refractivity contribution in [1.82, 2.24) is 20.4 Å². The Morgan fingerprint density at radius 1 is 1.13 bits per heavy atom. The average Bonchev–Trinajstić information content (AvgIpc) is 3.42. The van der Waals surface area contributed by atoms with Gasteiger partial charge in [-0.3, -0.25) is 19.3 Å². The summed E-state index contributed by atoms with van der Waals surface area (Å²) < 4.78 is 0. The highest BCUT2D eigenvalue weighted by atomic mass is 16.2. The molecule has 4 rings (SSSR count). The number of aliphatic imine (C=N–C) groups is 1. The number of amides is 3. The van der Waals surface area contributed by atoms with E-state index in [-0.39, 0.29) is 47.9 Å². The van der Waals surface area contributed by atoms with Crippen molar-refractivity contribution >= 4 is 23.7 Å². The van der Waals surface area contributed by atoms with Crippen molar-refractivity contribution < 1.29 is 14.4 Å². The molecule has 2 N–H and O–H groups in total. The van der Waals surface area contributed by atoms with Gasteiger partial charge < -0.3 is 15.5 Å². The van der Waals surface area contributed by atoms with E-state index < -0.39 is 0 Å². The van der Waals surface area contributed by atoms with Crippen molar-refractivity contribution in [2.75, 3.05) is 33.7 Å². The minimum Gasteiger partial charge on any atom is -0.355 e. The third kappa shape index (κ3) is 4.34. The first kappa shape index (κ1) is 21.8. The molecule has 1 aliphatic heterocycles. The molecule has 2 bridgehead atoms. The van der Waals surface area contributed by atoms with E-state index in [9.17, 15) is 14.4 Å². The smallest absolute Gasteiger partial charge is 0.243 e. The second-order valence-electron chi connectivity index (χ2n) is 9.72. The lowest BCUT2D eigenvalue weighted by molar-refractivity contribution is -0.140. The lowest BCUT2D eigenvalue weighted by atomic mass is 9.85. The lowest BCUT2D eigenvalue weighted by Gasteiger charge is -2.31. The number of fused-ring (bicyclic) bond motifs is 5. The standard InChI is InChI=1S/C23H35N5O3/c1-14-6-4-5-7-17(14)26-23(25-13-18(29)27(2)3)24-10-11-28-21(30)19-15-8-9-16(12-15)20(19)22(28)31/h8-9,14-17,19-20H,4-7,10-13H2,1-3H3,(H2,24,25,26). The number of rotatable bonds is 6. The summed E-state index contributed by atoms with van der Waals surface area (Å²) in [5, 5.41) is 6.74. The molecule has 3 fully saturated rings. The third-order valence-electron chi connectivity index (χ3n) is 7.49. The van der Waals surface area contributed by atoms with Crippen LogP contribution in [-0.2, 0) is 14.4 Å². The SMILES string of the molecule is CC1CCCCC1NC(=NCC(=O)N(C)C)NCCN1C(=O)C2C3C=CC(C3)C2C1=O. The summed E-state index contributed by atoms with van der Waals surface area (Å²) in [7, 11) is 3.43. The number of hydrogen-bond donors (Lipinski definition) is 2. The van der Waals surface area contributed by atoms with Crippen molar-refractivity contribution in [3.63, 3.8) is 0 Å². The molecule has 8 heteroatoms. The second-order valence-corrected chi connectivity index (χ2v) is 9.72. The summed E-state index contributed by atoms with van der Waals surface area (Å²) in [5.41, 5.74) is 0. The van der Waals surface area contributed by atoms with E-state index in [4.69, 9.17) is 0 Å². The highest BCUT2D eigenvalue weighted by molar-refractivity contribution is 6.06. The molecule has 31 heavy (non-hydrogen) atoms. The molecule has 8 nitrogen and oxygen atoms in total. The number of guanidine groups is 1. The van der Waals surface area contributed by atoms with Gasteiger partial charge in [0.15, 0.2) is 5.96 Å². The van der Waals surface area contributed by atoms with Gasteiger partial charge in [0, 0.05) is 33.2 Å². The molecule has 2 saturated carbocycles. The minimum absolute atomic E-state index is 0.0243. The molecule has 6 unspecified atom stereocenters. The molecule has 0 radical (unpaired) electrons. The number of imide groups is 1. The Labute approximate surface area is 184 Å². The van der Waals surface area contributed by atoms with Gasteiger partial charge in [0.2, 0.25) is 17.7 Å². The second kappa shape index (κ2) is 9.01. The Hall–Kier alpha value is -2.38. The Bertz CT molecular complexity index is 762. The van der Waals surface area contributed by atoms with Gasteiger partial charge in [-0.2, -0.15) is 0 Å². The molecule has 0 aromatic heterocycles. The Morgan fingerprint density at radius 3 is 2.39 bits per heavy atom. The Balaban J connectivity index is 1.35. The van der Waals surface area contributed by atoms with E-state index in [1.54, 1.807) is 14.1 Å². The third-order valence-corrected chi connectivity index (χ3v) is 7.49. The van der Waals surface area contributed by atoms with E-state index in [1.165, 1.54) is 29.1 Å². The molecule has 1 saturated heterocycles. The van der Waals surface area contributed by atoms with Crippen molar-refractivity contribution in [3.05, 3.63) is 12.2 Å². The molecular weight excluding hydrogens is 394 g/mol. The zero-order chi connectivity index (χ0) is 22.1. The van der Waals surface area contributed by atoms with Crippen LogP contribution in [0.3, 0.4) is 0 Å². The zero-order valence-corrected chi connectivity index (χ0v) is 18.8. The van der Waals surface area contributed by atoms with Crippen LogP contribution in [0.5, 0.6) is 0 Å². The first-order chi connectivity index (χ1) is 14.9. The van der Waals surface area contributed by atoms with Crippen molar-refractivity contribution in [1.29, 1.82) is 0 Å². The molecule has 0 spiro atoms. The van der Waals surface area contributed by atoms with Crippen LogP contribution in [0.2, 0.25) is 0 Å². The Kier molecular flexibility index (Phi) is 6.34. The number of allylic oxidation sites excluding steroid dienone is 2. The summed E-state index contributed by atoms with van der Waals surface area (Å²) in [6.07, 6.45) is 9.85. The summed E-state index contributed by atoms with van der Waals surface area (Å²) in [6.45, 7) is 3.04. The van der Waals surface area contributed by atoms with E-state index in [0.29, 0.717) is 31.0 Å².